The molecule has 3 heterocycles. The molecule has 2 aromatic heterocycles. The van der Waals surface area contributed by atoms with Crippen LogP contribution in [0.1, 0.15) is 52.9 Å². The first-order chi connectivity index (χ1) is 10.2. The fraction of sp³-hybridized carbons (Fsp3) is 0.562. The number of nitrogens with zero attached hydrogens (tertiary/aromatic N) is 1. The average molecular weight is 303 g/mol. The minimum atomic E-state index is -0.625. The van der Waals surface area contributed by atoms with E-state index in [0.717, 1.165) is 5.46 Å². The molecule has 1 aliphatic heterocycles. The minimum absolute atomic E-state index is 0.411. The lowest BCUT2D eigenvalue weighted by atomic mass is 9.79. The van der Waals surface area contributed by atoms with E-state index in [0.29, 0.717) is 23.3 Å². The van der Waals surface area contributed by atoms with E-state index in [-0.39, 0.29) is 0 Å². The van der Waals surface area contributed by atoms with Crippen molar-refractivity contribution in [3.8, 4) is 0 Å². The van der Waals surface area contributed by atoms with Crippen LogP contribution in [0.25, 0.3) is 11.1 Å². The molecule has 1 atom stereocenters. The third-order valence-electron chi connectivity index (χ3n) is 4.68. The Morgan fingerprint density at radius 1 is 1.23 bits per heavy atom. The van der Waals surface area contributed by atoms with Crippen molar-refractivity contribution in [2.45, 2.75) is 58.3 Å². The molecule has 3 rings (SSSR count). The van der Waals surface area contributed by atoms with Gasteiger partial charge >= 0.3 is 7.12 Å². The first-order valence-corrected chi connectivity index (χ1v) is 7.67. The van der Waals surface area contributed by atoms with Gasteiger partial charge in [-0.3, -0.25) is 4.98 Å². The SMILES string of the molecule is CCC(O)c1cc2nccc(B3OC(C)(C)C(C)(C)O3)c2o1. The number of aliphatic hydroxyl groups excluding tert-OH is 1. The maximum absolute atomic E-state index is 9.97. The average Bonchev–Trinajstić information content (AvgIpc) is 2.96. The fourth-order valence-corrected chi connectivity index (χ4v) is 2.50. The van der Waals surface area contributed by atoms with E-state index in [4.69, 9.17) is 13.7 Å². The van der Waals surface area contributed by atoms with E-state index in [2.05, 4.69) is 4.98 Å². The van der Waals surface area contributed by atoms with E-state index < -0.39 is 24.4 Å². The van der Waals surface area contributed by atoms with E-state index in [9.17, 15) is 5.11 Å². The number of aliphatic hydroxyl groups is 1. The topological polar surface area (TPSA) is 64.7 Å². The Morgan fingerprint density at radius 2 is 1.86 bits per heavy atom. The normalized spacial score (nSPS) is 21.5. The van der Waals surface area contributed by atoms with Gasteiger partial charge in [0.2, 0.25) is 0 Å². The standard InChI is InChI=1S/C16H22BNO4/c1-6-12(19)13-9-11-14(20-13)10(7-8-18-11)17-21-15(2,3)16(4,5)22-17/h7-9,12,19H,6H2,1-5H3. The van der Waals surface area contributed by atoms with Crippen LogP contribution in [-0.4, -0.2) is 28.4 Å². The van der Waals surface area contributed by atoms with Gasteiger partial charge in [-0.2, -0.15) is 0 Å². The molecular formula is C16H22BNO4. The third kappa shape index (κ3) is 2.35. The van der Waals surface area contributed by atoms with Crippen molar-refractivity contribution in [3.05, 3.63) is 24.1 Å². The first kappa shape index (κ1) is 15.5. The summed E-state index contributed by atoms with van der Waals surface area (Å²) in [6.45, 7) is 9.96. The maximum Gasteiger partial charge on any atom is 0.498 e. The molecule has 0 aliphatic carbocycles. The van der Waals surface area contributed by atoms with Crippen molar-refractivity contribution in [1.29, 1.82) is 0 Å². The van der Waals surface area contributed by atoms with Crippen molar-refractivity contribution in [2.24, 2.45) is 0 Å². The second kappa shape index (κ2) is 5.08. The quantitative estimate of drug-likeness (QED) is 0.883. The molecule has 1 N–H and O–H groups in total. The predicted molar refractivity (Wildman–Crippen MR) is 85.0 cm³/mol. The van der Waals surface area contributed by atoms with Crippen molar-refractivity contribution in [1.82, 2.24) is 4.98 Å². The molecule has 0 radical (unpaired) electrons. The van der Waals surface area contributed by atoms with Crippen LogP contribution in [0.15, 0.2) is 22.7 Å². The predicted octanol–water partition coefficient (Wildman–Crippen LogP) is 2.57. The summed E-state index contributed by atoms with van der Waals surface area (Å²) in [5, 5.41) is 9.97. The molecule has 0 saturated carbocycles. The van der Waals surface area contributed by atoms with Crippen LogP contribution in [0.3, 0.4) is 0 Å². The minimum Gasteiger partial charge on any atom is -0.457 e. The molecule has 6 heteroatoms. The number of furan rings is 1. The lowest BCUT2D eigenvalue weighted by molar-refractivity contribution is 0.00578. The van der Waals surface area contributed by atoms with Gasteiger partial charge in [0.05, 0.1) is 11.2 Å². The fourth-order valence-electron chi connectivity index (χ4n) is 2.50. The summed E-state index contributed by atoms with van der Waals surface area (Å²) in [6, 6.07) is 3.62. The number of aromatic nitrogens is 1. The second-order valence-corrected chi connectivity index (χ2v) is 6.78. The van der Waals surface area contributed by atoms with E-state index in [1.807, 2.05) is 40.7 Å². The van der Waals surface area contributed by atoms with Crippen LogP contribution >= 0.6 is 0 Å². The van der Waals surface area contributed by atoms with Crippen LogP contribution < -0.4 is 5.46 Å². The Morgan fingerprint density at radius 3 is 2.45 bits per heavy atom. The third-order valence-corrected chi connectivity index (χ3v) is 4.68. The number of rotatable bonds is 3. The zero-order valence-corrected chi connectivity index (χ0v) is 13.7. The summed E-state index contributed by atoms with van der Waals surface area (Å²) in [7, 11) is -0.506. The monoisotopic (exact) mass is 303 g/mol. The zero-order chi connectivity index (χ0) is 16.1. The molecule has 5 nitrogen and oxygen atoms in total. The van der Waals surface area contributed by atoms with Gasteiger partial charge in [0.1, 0.15) is 17.4 Å². The number of pyridine rings is 1. The largest absolute Gasteiger partial charge is 0.498 e. The lowest BCUT2D eigenvalue weighted by Crippen LogP contribution is -2.41. The summed E-state index contributed by atoms with van der Waals surface area (Å²) >= 11 is 0. The molecular weight excluding hydrogens is 281 g/mol. The second-order valence-electron chi connectivity index (χ2n) is 6.78. The molecule has 22 heavy (non-hydrogen) atoms. The molecule has 1 aliphatic rings. The van der Waals surface area contributed by atoms with Gasteiger partial charge in [0.15, 0.2) is 5.58 Å². The molecule has 0 spiro atoms. The highest BCUT2D eigenvalue weighted by Crippen LogP contribution is 2.37. The Hall–Kier alpha value is -1.37. The molecule has 1 fully saturated rings. The molecule has 118 valence electrons. The van der Waals surface area contributed by atoms with Crippen LogP contribution in [0.5, 0.6) is 0 Å². The lowest BCUT2D eigenvalue weighted by Gasteiger charge is -2.32. The van der Waals surface area contributed by atoms with Gasteiger partial charge in [-0.1, -0.05) is 6.92 Å². The summed E-state index contributed by atoms with van der Waals surface area (Å²) in [5.74, 6) is 0.522. The highest BCUT2D eigenvalue weighted by atomic mass is 16.7. The smallest absolute Gasteiger partial charge is 0.457 e. The molecule has 1 saturated heterocycles. The van der Waals surface area contributed by atoms with Crippen molar-refractivity contribution in [3.63, 3.8) is 0 Å². The molecule has 0 aromatic carbocycles. The van der Waals surface area contributed by atoms with E-state index in [1.54, 1.807) is 12.3 Å². The highest BCUT2D eigenvalue weighted by molar-refractivity contribution is 6.64. The van der Waals surface area contributed by atoms with Crippen molar-refractivity contribution < 1.29 is 18.8 Å². The van der Waals surface area contributed by atoms with E-state index in [1.165, 1.54) is 0 Å². The van der Waals surface area contributed by atoms with Gasteiger partial charge in [0, 0.05) is 17.7 Å². The Labute approximate surface area is 130 Å². The number of hydrogen-bond acceptors (Lipinski definition) is 5. The summed E-state index contributed by atoms with van der Waals surface area (Å²) in [6.07, 6.45) is 1.67. The van der Waals surface area contributed by atoms with Crippen molar-refractivity contribution >= 4 is 23.7 Å². The van der Waals surface area contributed by atoms with E-state index >= 15 is 0 Å². The summed E-state index contributed by atoms with van der Waals surface area (Å²) in [5.41, 5.74) is 1.30. The molecule has 2 aromatic rings. The summed E-state index contributed by atoms with van der Waals surface area (Å²) < 4.78 is 18.0. The Bertz CT molecular complexity index is 679. The Kier molecular flexibility index (Phi) is 3.59. The maximum atomic E-state index is 9.97. The van der Waals surface area contributed by atoms with Crippen LogP contribution in [0.2, 0.25) is 0 Å². The number of fused-ring (bicyclic) bond motifs is 1. The van der Waals surface area contributed by atoms with Gasteiger partial charge in [0.25, 0.3) is 0 Å². The molecule has 0 amide bonds. The molecule has 1 unspecified atom stereocenters. The zero-order valence-electron chi connectivity index (χ0n) is 13.7. The Balaban J connectivity index is 2.03. The van der Waals surface area contributed by atoms with Gasteiger partial charge in [-0.25, -0.2) is 0 Å². The first-order valence-electron chi connectivity index (χ1n) is 7.67. The van der Waals surface area contributed by atoms with Gasteiger partial charge in [-0.15, -0.1) is 0 Å². The van der Waals surface area contributed by atoms with Gasteiger partial charge < -0.3 is 18.8 Å². The van der Waals surface area contributed by atoms with Crippen LogP contribution in [0.4, 0.5) is 0 Å². The number of hydrogen-bond donors (Lipinski definition) is 1. The van der Waals surface area contributed by atoms with Crippen molar-refractivity contribution in [2.75, 3.05) is 0 Å². The van der Waals surface area contributed by atoms with Gasteiger partial charge in [-0.05, 0) is 40.2 Å². The summed E-state index contributed by atoms with van der Waals surface area (Å²) in [4.78, 5) is 4.31. The van der Waals surface area contributed by atoms with Crippen LogP contribution in [0, 0.1) is 0 Å². The highest BCUT2D eigenvalue weighted by Gasteiger charge is 2.52. The molecule has 0 bridgehead atoms. The van der Waals surface area contributed by atoms with Crippen LogP contribution in [-0.2, 0) is 9.31 Å².